The molecule has 104 valence electrons. The van der Waals surface area contributed by atoms with Gasteiger partial charge in [-0.1, -0.05) is 15.9 Å². The predicted molar refractivity (Wildman–Crippen MR) is 74.8 cm³/mol. The van der Waals surface area contributed by atoms with Crippen molar-refractivity contribution in [2.45, 2.75) is 31.8 Å². The fraction of sp³-hybridized carbons (Fsp3) is 0.923. The molecule has 2 rings (SSSR count). The van der Waals surface area contributed by atoms with E-state index in [4.69, 9.17) is 0 Å². The van der Waals surface area contributed by atoms with E-state index >= 15 is 0 Å². The summed E-state index contributed by atoms with van der Waals surface area (Å²) >= 11 is 3.46. The number of piperidine rings is 1. The molecule has 1 unspecified atom stereocenters. The van der Waals surface area contributed by atoms with Gasteiger partial charge in [0.2, 0.25) is 5.91 Å². The van der Waals surface area contributed by atoms with Crippen molar-refractivity contribution in [3.05, 3.63) is 0 Å². The molecule has 1 amide bonds. The number of likely N-dealkylation sites (tertiary alicyclic amines) is 2. The van der Waals surface area contributed by atoms with Gasteiger partial charge in [0.15, 0.2) is 0 Å². The number of hydrogen-bond acceptors (Lipinski definition) is 3. The molecule has 2 heterocycles. The second-order valence-electron chi connectivity index (χ2n) is 5.49. The molecule has 0 bridgehead atoms. The number of carbonyl (C=O) groups excluding carboxylic acids is 1. The second-order valence-corrected chi connectivity index (χ2v) is 6.14. The maximum absolute atomic E-state index is 11.7. The van der Waals surface area contributed by atoms with Crippen molar-refractivity contribution < 1.29 is 9.90 Å². The first-order valence-electron chi connectivity index (χ1n) is 6.93. The van der Waals surface area contributed by atoms with Gasteiger partial charge in [-0.3, -0.25) is 4.79 Å². The van der Waals surface area contributed by atoms with Crippen molar-refractivity contribution in [2.75, 3.05) is 38.1 Å². The Hall–Kier alpha value is -0.130. The zero-order valence-electron chi connectivity index (χ0n) is 10.9. The molecule has 0 aromatic carbocycles. The number of rotatable bonds is 5. The van der Waals surface area contributed by atoms with Gasteiger partial charge in [0, 0.05) is 37.9 Å². The third kappa shape index (κ3) is 3.93. The molecule has 2 saturated heterocycles. The Morgan fingerprint density at radius 3 is 2.61 bits per heavy atom. The Bertz CT molecular complexity index is 280. The van der Waals surface area contributed by atoms with Crippen LogP contribution >= 0.6 is 15.9 Å². The minimum atomic E-state index is -0.0962. The quantitative estimate of drug-likeness (QED) is 0.771. The van der Waals surface area contributed by atoms with Crippen molar-refractivity contribution in [1.29, 1.82) is 0 Å². The summed E-state index contributed by atoms with van der Waals surface area (Å²) in [4.78, 5) is 16.1. The third-order valence-electron chi connectivity index (χ3n) is 3.97. The van der Waals surface area contributed by atoms with Crippen LogP contribution in [0.4, 0.5) is 0 Å². The van der Waals surface area contributed by atoms with Crippen LogP contribution in [0.2, 0.25) is 0 Å². The highest BCUT2D eigenvalue weighted by Gasteiger charge is 2.28. The molecule has 2 fully saturated rings. The van der Waals surface area contributed by atoms with Gasteiger partial charge < -0.3 is 14.9 Å². The van der Waals surface area contributed by atoms with Crippen LogP contribution in [0.25, 0.3) is 0 Å². The summed E-state index contributed by atoms with van der Waals surface area (Å²) in [5.74, 6) is 0.816. The van der Waals surface area contributed by atoms with E-state index in [1.807, 2.05) is 4.90 Å². The van der Waals surface area contributed by atoms with Gasteiger partial charge in [-0.25, -0.2) is 0 Å². The second kappa shape index (κ2) is 6.87. The summed E-state index contributed by atoms with van der Waals surface area (Å²) in [6.07, 6.45) is 3.46. The Morgan fingerprint density at radius 2 is 2.00 bits per heavy atom. The largest absolute Gasteiger partial charge is 0.393 e. The maximum Gasteiger partial charge on any atom is 0.222 e. The number of halogens is 1. The highest BCUT2D eigenvalue weighted by molar-refractivity contribution is 9.09. The van der Waals surface area contributed by atoms with Gasteiger partial charge in [0.05, 0.1) is 6.10 Å². The fourth-order valence-electron chi connectivity index (χ4n) is 2.80. The third-order valence-corrected chi connectivity index (χ3v) is 4.89. The van der Waals surface area contributed by atoms with Crippen LogP contribution in [-0.4, -0.2) is 65.0 Å². The number of carbonyl (C=O) groups is 1. The Morgan fingerprint density at radius 1 is 1.28 bits per heavy atom. The van der Waals surface area contributed by atoms with E-state index in [1.54, 1.807) is 0 Å². The van der Waals surface area contributed by atoms with Crippen LogP contribution in [0.15, 0.2) is 0 Å². The summed E-state index contributed by atoms with van der Waals surface area (Å²) in [6, 6.07) is 0. The predicted octanol–water partition coefficient (Wildman–Crippen LogP) is 1.08. The molecule has 18 heavy (non-hydrogen) atoms. The van der Waals surface area contributed by atoms with Crippen molar-refractivity contribution in [1.82, 2.24) is 9.80 Å². The summed E-state index contributed by atoms with van der Waals surface area (Å²) in [5, 5.41) is 10.4. The van der Waals surface area contributed by atoms with Crippen molar-refractivity contribution in [3.8, 4) is 0 Å². The van der Waals surface area contributed by atoms with Crippen molar-refractivity contribution >= 4 is 21.8 Å². The Balaban J connectivity index is 1.62. The van der Waals surface area contributed by atoms with Crippen LogP contribution in [0.3, 0.4) is 0 Å². The first-order valence-corrected chi connectivity index (χ1v) is 8.05. The molecule has 0 aliphatic carbocycles. The molecule has 0 saturated carbocycles. The van der Waals surface area contributed by atoms with Crippen LogP contribution in [0.5, 0.6) is 0 Å². The molecule has 2 aliphatic heterocycles. The zero-order chi connectivity index (χ0) is 13.0. The standard InChI is InChI=1S/C13H23BrN2O2/c14-9-11-8-13(18)16(10-11)5-1-4-15-6-2-12(17)3-7-15/h11-12,17H,1-10H2. The van der Waals surface area contributed by atoms with E-state index < -0.39 is 0 Å². The molecular formula is C13H23BrN2O2. The lowest BCUT2D eigenvalue weighted by Gasteiger charge is -2.30. The van der Waals surface area contributed by atoms with Crippen molar-refractivity contribution in [3.63, 3.8) is 0 Å². The number of hydrogen-bond donors (Lipinski definition) is 1. The summed E-state index contributed by atoms with van der Waals surface area (Å²) in [6.45, 7) is 4.86. The molecule has 0 aromatic heterocycles. The first kappa shape index (κ1) is 14.3. The zero-order valence-corrected chi connectivity index (χ0v) is 12.4. The van der Waals surface area contributed by atoms with Gasteiger partial charge in [-0.05, 0) is 31.7 Å². The molecule has 5 heteroatoms. The van der Waals surface area contributed by atoms with E-state index in [-0.39, 0.29) is 6.10 Å². The number of aliphatic hydroxyl groups excluding tert-OH is 1. The van der Waals surface area contributed by atoms with Crippen LogP contribution < -0.4 is 0 Å². The monoisotopic (exact) mass is 318 g/mol. The van der Waals surface area contributed by atoms with Gasteiger partial charge in [-0.15, -0.1) is 0 Å². The van der Waals surface area contributed by atoms with Gasteiger partial charge in [0.1, 0.15) is 0 Å². The molecular weight excluding hydrogens is 296 g/mol. The summed E-state index contributed by atoms with van der Waals surface area (Å²) < 4.78 is 0. The Labute approximate surface area is 117 Å². The molecule has 4 nitrogen and oxygen atoms in total. The van der Waals surface area contributed by atoms with Crippen LogP contribution in [-0.2, 0) is 4.79 Å². The van der Waals surface area contributed by atoms with Gasteiger partial charge in [-0.2, -0.15) is 0 Å². The van der Waals surface area contributed by atoms with Gasteiger partial charge >= 0.3 is 0 Å². The number of nitrogens with zero attached hydrogens (tertiary/aromatic N) is 2. The van der Waals surface area contributed by atoms with Gasteiger partial charge in [0.25, 0.3) is 0 Å². The van der Waals surface area contributed by atoms with E-state index in [0.717, 1.165) is 57.3 Å². The molecule has 1 N–H and O–H groups in total. The highest BCUT2D eigenvalue weighted by Crippen LogP contribution is 2.19. The lowest BCUT2D eigenvalue weighted by molar-refractivity contribution is -0.127. The fourth-order valence-corrected chi connectivity index (χ4v) is 3.24. The number of amides is 1. The van der Waals surface area contributed by atoms with Crippen LogP contribution in [0, 0.1) is 5.92 Å². The normalized spacial score (nSPS) is 27.1. The smallest absolute Gasteiger partial charge is 0.222 e. The lowest BCUT2D eigenvalue weighted by atomic mass is 10.1. The molecule has 2 aliphatic rings. The SMILES string of the molecule is O=C1CC(CBr)CN1CCCN1CCC(O)CC1. The minimum Gasteiger partial charge on any atom is -0.393 e. The average Bonchev–Trinajstić information content (AvgIpc) is 2.73. The minimum absolute atomic E-state index is 0.0962. The molecule has 0 spiro atoms. The van der Waals surface area contributed by atoms with E-state index in [1.165, 1.54) is 0 Å². The van der Waals surface area contributed by atoms with Crippen molar-refractivity contribution in [2.24, 2.45) is 5.92 Å². The average molecular weight is 319 g/mol. The molecule has 0 radical (unpaired) electrons. The Kier molecular flexibility index (Phi) is 5.45. The number of aliphatic hydroxyl groups is 1. The molecule has 1 atom stereocenters. The first-order chi connectivity index (χ1) is 8.69. The van der Waals surface area contributed by atoms with Crippen LogP contribution in [0.1, 0.15) is 25.7 Å². The lowest BCUT2D eigenvalue weighted by Crippen LogP contribution is -2.37. The number of alkyl halides is 1. The van der Waals surface area contributed by atoms with E-state index in [2.05, 4.69) is 20.8 Å². The van der Waals surface area contributed by atoms with E-state index in [0.29, 0.717) is 18.2 Å². The highest BCUT2D eigenvalue weighted by atomic mass is 79.9. The molecule has 0 aromatic rings. The topological polar surface area (TPSA) is 43.8 Å². The summed E-state index contributed by atoms with van der Waals surface area (Å²) in [7, 11) is 0. The van der Waals surface area contributed by atoms with E-state index in [9.17, 15) is 9.90 Å². The summed E-state index contributed by atoms with van der Waals surface area (Å²) in [5.41, 5.74) is 0. The maximum atomic E-state index is 11.7.